The summed E-state index contributed by atoms with van der Waals surface area (Å²) in [5.74, 6) is 0.848. The van der Waals surface area contributed by atoms with Crippen LogP contribution < -0.4 is 14.2 Å². The Bertz CT molecular complexity index is 956. The Kier molecular flexibility index (Phi) is 4.78. The molecule has 0 unspecified atom stereocenters. The van der Waals surface area contributed by atoms with Crippen LogP contribution in [0.15, 0.2) is 41.3 Å². The van der Waals surface area contributed by atoms with Gasteiger partial charge in [0.05, 0.1) is 24.1 Å². The number of sulfonamides is 1. The number of anilines is 1. The highest BCUT2D eigenvalue weighted by Gasteiger charge is 2.23. The lowest BCUT2D eigenvalue weighted by molar-refractivity contribution is 0.0796. The van der Waals surface area contributed by atoms with Crippen LogP contribution in [0, 0.1) is 6.92 Å². The van der Waals surface area contributed by atoms with Gasteiger partial charge in [0.15, 0.2) is 0 Å². The van der Waals surface area contributed by atoms with Gasteiger partial charge in [0.2, 0.25) is 0 Å². The first-order chi connectivity index (χ1) is 12.3. The Balaban J connectivity index is 1.92. The minimum Gasteiger partial charge on any atom is -0.496 e. The summed E-state index contributed by atoms with van der Waals surface area (Å²) in [5.41, 5.74) is 1.34. The first-order valence-corrected chi connectivity index (χ1v) is 9.50. The molecule has 0 fully saturated rings. The Morgan fingerprint density at radius 2 is 1.96 bits per heavy atom. The number of nitrogens with zero attached hydrogens (tertiary/aromatic N) is 1. The molecule has 0 spiro atoms. The molecule has 1 amide bonds. The van der Waals surface area contributed by atoms with Crippen molar-refractivity contribution in [1.29, 1.82) is 0 Å². The molecule has 1 aliphatic heterocycles. The molecule has 26 heavy (non-hydrogen) atoms. The topological polar surface area (TPSA) is 84.9 Å². The van der Waals surface area contributed by atoms with Gasteiger partial charge in [-0.3, -0.25) is 9.52 Å². The average molecular weight is 376 g/mol. The van der Waals surface area contributed by atoms with Crippen molar-refractivity contribution in [2.75, 3.05) is 32.0 Å². The lowest BCUT2D eigenvalue weighted by Gasteiger charge is -2.14. The molecule has 0 saturated carbocycles. The monoisotopic (exact) mass is 376 g/mol. The SMILES string of the molecule is COc1ccc(S(=O)(=O)Nc2ccc3c(c2)C(=O)N(C)CCO3)cc1C. The number of rotatable bonds is 4. The van der Waals surface area contributed by atoms with Crippen molar-refractivity contribution >= 4 is 21.6 Å². The van der Waals surface area contributed by atoms with E-state index in [1.165, 1.54) is 30.2 Å². The summed E-state index contributed by atoms with van der Waals surface area (Å²) in [6, 6.07) is 9.28. The van der Waals surface area contributed by atoms with Crippen LogP contribution in [0.25, 0.3) is 0 Å². The summed E-state index contributed by atoms with van der Waals surface area (Å²) in [5, 5.41) is 0. The summed E-state index contributed by atoms with van der Waals surface area (Å²) in [7, 11) is -0.592. The van der Waals surface area contributed by atoms with Crippen molar-refractivity contribution in [1.82, 2.24) is 4.90 Å². The number of hydrogen-bond acceptors (Lipinski definition) is 5. The molecule has 138 valence electrons. The molecular weight excluding hydrogens is 356 g/mol. The molecule has 2 aromatic rings. The molecule has 0 atom stereocenters. The van der Waals surface area contributed by atoms with Crippen LogP contribution in [0.5, 0.6) is 11.5 Å². The number of ether oxygens (including phenoxy) is 2. The van der Waals surface area contributed by atoms with Crippen molar-refractivity contribution in [2.45, 2.75) is 11.8 Å². The molecule has 8 heteroatoms. The number of aryl methyl sites for hydroxylation is 1. The summed E-state index contributed by atoms with van der Waals surface area (Å²) in [4.78, 5) is 14.0. The first-order valence-electron chi connectivity index (χ1n) is 8.01. The number of amides is 1. The molecule has 3 rings (SSSR count). The average Bonchev–Trinajstić information content (AvgIpc) is 2.74. The Hall–Kier alpha value is -2.74. The van der Waals surface area contributed by atoms with Gasteiger partial charge in [-0.15, -0.1) is 0 Å². The van der Waals surface area contributed by atoms with Crippen LogP contribution >= 0.6 is 0 Å². The highest BCUT2D eigenvalue weighted by atomic mass is 32.2. The van der Waals surface area contributed by atoms with Crippen LogP contribution in [0.1, 0.15) is 15.9 Å². The van der Waals surface area contributed by atoms with Gasteiger partial charge in [-0.25, -0.2) is 8.42 Å². The first kappa shape index (κ1) is 18.1. The van der Waals surface area contributed by atoms with Crippen LogP contribution in [-0.4, -0.2) is 46.5 Å². The quantitative estimate of drug-likeness (QED) is 0.885. The molecule has 1 aliphatic rings. The normalized spacial score (nSPS) is 14.3. The van der Waals surface area contributed by atoms with Crippen LogP contribution in [0.3, 0.4) is 0 Å². The highest BCUT2D eigenvalue weighted by Crippen LogP contribution is 2.28. The zero-order valence-corrected chi connectivity index (χ0v) is 15.6. The van der Waals surface area contributed by atoms with Crippen LogP contribution in [0.4, 0.5) is 5.69 Å². The maximum atomic E-state index is 12.7. The van der Waals surface area contributed by atoms with E-state index in [1.54, 1.807) is 32.2 Å². The zero-order valence-electron chi connectivity index (χ0n) is 14.8. The Morgan fingerprint density at radius 3 is 2.65 bits per heavy atom. The second-order valence-electron chi connectivity index (χ2n) is 6.02. The zero-order chi connectivity index (χ0) is 18.9. The minimum atomic E-state index is -3.80. The molecule has 0 bridgehead atoms. The number of carbonyl (C=O) groups excluding carboxylic acids is 1. The van der Waals surface area contributed by atoms with E-state index in [1.807, 2.05) is 0 Å². The molecule has 1 heterocycles. The van der Waals surface area contributed by atoms with Gasteiger partial charge in [-0.2, -0.15) is 0 Å². The molecule has 2 aromatic carbocycles. The van der Waals surface area contributed by atoms with Gasteiger partial charge in [0.25, 0.3) is 15.9 Å². The third-order valence-electron chi connectivity index (χ3n) is 4.17. The van der Waals surface area contributed by atoms with Gasteiger partial charge in [-0.05, 0) is 48.9 Å². The van der Waals surface area contributed by atoms with E-state index in [4.69, 9.17) is 9.47 Å². The number of nitrogens with one attached hydrogen (secondary N) is 1. The number of benzene rings is 2. The fourth-order valence-corrected chi connectivity index (χ4v) is 3.85. The Morgan fingerprint density at radius 1 is 1.19 bits per heavy atom. The number of likely N-dealkylation sites (N-methyl/N-ethyl adjacent to an activating group) is 1. The van der Waals surface area contributed by atoms with Gasteiger partial charge in [0.1, 0.15) is 18.1 Å². The third-order valence-corrected chi connectivity index (χ3v) is 5.55. The van der Waals surface area contributed by atoms with Gasteiger partial charge in [0, 0.05) is 12.7 Å². The third kappa shape index (κ3) is 3.45. The number of fused-ring (bicyclic) bond motifs is 1. The lowest BCUT2D eigenvalue weighted by Crippen LogP contribution is -2.27. The smallest absolute Gasteiger partial charge is 0.261 e. The van der Waals surface area contributed by atoms with E-state index in [9.17, 15) is 13.2 Å². The predicted octanol–water partition coefficient (Wildman–Crippen LogP) is 2.27. The molecular formula is C18H20N2O5S. The number of hydrogen-bond donors (Lipinski definition) is 1. The van der Waals surface area contributed by atoms with E-state index < -0.39 is 10.0 Å². The Labute approximate surface area is 152 Å². The molecule has 7 nitrogen and oxygen atoms in total. The summed E-state index contributed by atoms with van der Waals surface area (Å²) in [6.07, 6.45) is 0. The van der Waals surface area contributed by atoms with Gasteiger partial charge in [-0.1, -0.05) is 0 Å². The van der Waals surface area contributed by atoms with Crippen molar-refractivity contribution < 1.29 is 22.7 Å². The fourth-order valence-electron chi connectivity index (χ4n) is 2.72. The minimum absolute atomic E-state index is 0.116. The summed E-state index contributed by atoms with van der Waals surface area (Å²) < 4.78 is 38.5. The van der Waals surface area contributed by atoms with Crippen LogP contribution in [-0.2, 0) is 10.0 Å². The van der Waals surface area contributed by atoms with Crippen molar-refractivity contribution in [3.8, 4) is 11.5 Å². The molecule has 0 aliphatic carbocycles. The molecule has 0 radical (unpaired) electrons. The van der Waals surface area contributed by atoms with E-state index in [0.717, 1.165) is 0 Å². The van der Waals surface area contributed by atoms with E-state index >= 15 is 0 Å². The van der Waals surface area contributed by atoms with Crippen LogP contribution in [0.2, 0.25) is 0 Å². The standard InChI is InChI=1S/C18H20N2O5S/c1-12-10-14(5-7-16(12)24-3)26(22,23)19-13-4-6-17-15(11-13)18(21)20(2)8-9-25-17/h4-7,10-11,19H,8-9H2,1-3H3. The van der Waals surface area contributed by atoms with Crippen molar-refractivity contribution in [2.24, 2.45) is 0 Å². The molecule has 0 aromatic heterocycles. The predicted molar refractivity (Wildman–Crippen MR) is 97.4 cm³/mol. The van der Waals surface area contributed by atoms with Crippen molar-refractivity contribution in [3.05, 3.63) is 47.5 Å². The molecule has 0 saturated heterocycles. The molecule has 1 N–H and O–H groups in total. The van der Waals surface area contributed by atoms with Crippen molar-refractivity contribution in [3.63, 3.8) is 0 Å². The second-order valence-corrected chi connectivity index (χ2v) is 7.71. The van der Waals surface area contributed by atoms with E-state index in [0.29, 0.717) is 41.5 Å². The highest BCUT2D eigenvalue weighted by molar-refractivity contribution is 7.92. The number of methoxy groups -OCH3 is 1. The summed E-state index contributed by atoms with van der Waals surface area (Å²) in [6.45, 7) is 2.64. The summed E-state index contributed by atoms with van der Waals surface area (Å²) >= 11 is 0. The second kappa shape index (κ2) is 6.87. The van der Waals surface area contributed by atoms with E-state index in [2.05, 4.69) is 4.72 Å². The van der Waals surface area contributed by atoms with Gasteiger partial charge < -0.3 is 14.4 Å². The largest absolute Gasteiger partial charge is 0.496 e. The van der Waals surface area contributed by atoms with Gasteiger partial charge >= 0.3 is 0 Å². The van der Waals surface area contributed by atoms with E-state index in [-0.39, 0.29) is 10.8 Å². The number of carbonyl (C=O) groups is 1. The maximum absolute atomic E-state index is 12.7. The fraction of sp³-hybridized carbons (Fsp3) is 0.278. The maximum Gasteiger partial charge on any atom is 0.261 e. The lowest BCUT2D eigenvalue weighted by atomic mass is 10.1.